The first-order chi connectivity index (χ1) is 12.0. The SMILES string of the molecule is Nc1ncn[nH]1.Nc1ncn[nH]1.O=C(O)CN(CC(=O)O)CP(=O)(O)O. The maximum atomic E-state index is 10.5. The quantitative estimate of drug-likeness (QED) is 0.232. The van der Waals surface area contributed by atoms with Crippen molar-refractivity contribution in [3.05, 3.63) is 12.7 Å². The monoisotopic (exact) mass is 395 g/mol. The van der Waals surface area contributed by atoms with E-state index in [-0.39, 0.29) is 0 Å². The van der Waals surface area contributed by atoms with Gasteiger partial charge in [0.25, 0.3) is 0 Å². The number of aliphatic carboxylic acids is 2. The summed E-state index contributed by atoms with van der Waals surface area (Å²) in [6, 6.07) is 0. The highest BCUT2D eigenvalue weighted by atomic mass is 31.2. The summed E-state index contributed by atoms with van der Waals surface area (Å²) in [5.41, 5.74) is 10.1. The van der Waals surface area contributed by atoms with Gasteiger partial charge in [-0.1, -0.05) is 0 Å². The van der Waals surface area contributed by atoms with Crippen molar-refractivity contribution >= 4 is 31.4 Å². The first-order valence-corrected chi connectivity index (χ1v) is 8.21. The lowest BCUT2D eigenvalue weighted by Crippen LogP contribution is -2.35. The van der Waals surface area contributed by atoms with Crippen LogP contribution < -0.4 is 11.5 Å². The summed E-state index contributed by atoms with van der Waals surface area (Å²) in [4.78, 5) is 45.1. The highest BCUT2D eigenvalue weighted by molar-refractivity contribution is 7.51. The Bertz CT molecular complexity index is 638. The van der Waals surface area contributed by atoms with Gasteiger partial charge in [-0.25, -0.2) is 20.2 Å². The molecule has 2 heterocycles. The Kier molecular flexibility index (Phi) is 10.1. The Balaban J connectivity index is 0.000000421. The Morgan fingerprint density at radius 2 is 1.38 bits per heavy atom. The molecular weight excluding hydrogens is 377 g/mol. The van der Waals surface area contributed by atoms with E-state index in [2.05, 4.69) is 30.4 Å². The van der Waals surface area contributed by atoms with Crippen LogP contribution in [0.25, 0.3) is 0 Å². The molecule has 0 fully saturated rings. The van der Waals surface area contributed by atoms with E-state index in [1.165, 1.54) is 12.7 Å². The van der Waals surface area contributed by atoms with Gasteiger partial charge < -0.3 is 31.5 Å². The van der Waals surface area contributed by atoms with Crippen LogP contribution in [0.2, 0.25) is 0 Å². The fraction of sp³-hybridized carbons (Fsp3) is 0.333. The average Bonchev–Trinajstić information content (AvgIpc) is 3.10. The van der Waals surface area contributed by atoms with Crippen molar-refractivity contribution < 1.29 is 34.2 Å². The van der Waals surface area contributed by atoms with Gasteiger partial charge in [0, 0.05) is 0 Å². The number of hydrogen-bond acceptors (Lipinski definition) is 10. The first-order valence-electron chi connectivity index (χ1n) is 6.41. The normalized spacial score (nSPS) is 10.3. The summed E-state index contributed by atoms with van der Waals surface area (Å²) in [7, 11) is -4.44. The zero-order chi connectivity index (χ0) is 20.2. The second-order valence-corrected chi connectivity index (χ2v) is 5.93. The van der Waals surface area contributed by atoms with Crippen LogP contribution in [-0.2, 0) is 14.2 Å². The van der Waals surface area contributed by atoms with Crippen LogP contribution in [0.5, 0.6) is 0 Å². The van der Waals surface area contributed by atoms with Crippen LogP contribution >= 0.6 is 7.60 Å². The van der Waals surface area contributed by atoms with Crippen LogP contribution in [0.1, 0.15) is 0 Å². The number of nitrogens with two attached hydrogens (primary N) is 2. The third kappa shape index (κ3) is 14.5. The molecule has 2 rings (SSSR count). The van der Waals surface area contributed by atoms with Crippen LogP contribution in [0, 0.1) is 0 Å². The zero-order valence-electron chi connectivity index (χ0n) is 13.1. The number of carboxylic acids is 2. The number of H-pyrrole nitrogens is 2. The number of carboxylic acid groups (broad SMARTS) is 2. The molecule has 0 aliphatic carbocycles. The maximum absolute atomic E-state index is 10.5. The third-order valence-corrected chi connectivity index (χ3v) is 2.74. The largest absolute Gasteiger partial charge is 0.480 e. The number of nitrogen functional groups attached to an aromatic ring is 2. The van der Waals surface area contributed by atoms with Gasteiger partial charge in [-0.3, -0.25) is 19.1 Å². The summed E-state index contributed by atoms with van der Waals surface area (Å²) < 4.78 is 10.5. The number of rotatable bonds is 6. The molecule has 26 heavy (non-hydrogen) atoms. The molecule has 0 spiro atoms. The van der Waals surface area contributed by atoms with Crippen molar-refractivity contribution in [2.75, 3.05) is 30.8 Å². The van der Waals surface area contributed by atoms with E-state index < -0.39 is 38.9 Å². The lowest BCUT2D eigenvalue weighted by molar-refractivity contribution is -0.141. The van der Waals surface area contributed by atoms with Crippen molar-refractivity contribution in [2.24, 2.45) is 0 Å². The van der Waals surface area contributed by atoms with E-state index in [9.17, 15) is 14.2 Å². The molecule has 10 N–H and O–H groups in total. The van der Waals surface area contributed by atoms with Crippen molar-refractivity contribution in [3.63, 3.8) is 0 Å². The molecule has 0 amide bonds. The molecule has 0 bridgehead atoms. The summed E-state index contributed by atoms with van der Waals surface area (Å²) >= 11 is 0. The van der Waals surface area contributed by atoms with E-state index in [1.807, 2.05) is 0 Å². The number of nitrogens with zero attached hydrogens (tertiary/aromatic N) is 5. The molecule has 17 heteroatoms. The fourth-order valence-electron chi connectivity index (χ4n) is 1.23. The minimum atomic E-state index is -4.44. The van der Waals surface area contributed by atoms with Gasteiger partial charge in [-0.2, -0.15) is 10.2 Å². The van der Waals surface area contributed by atoms with Crippen molar-refractivity contribution in [1.82, 2.24) is 35.3 Å². The van der Waals surface area contributed by atoms with E-state index in [4.69, 9.17) is 31.5 Å². The minimum Gasteiger partial charge on any atom is -0.480 e. The summed E-state index contributed by atoms with van der Waals surface area (Å²) in [5.74, 6) is -1.98. The zero-order valence-corrected chi connectivity index (χ0v) is 14.0. The highest BCUT2D eigenvalue weighted by Gasteiger charge is 2.22. The van der Waals surface area contributed by atoms with Crippen molar-refractivity contribution in [3.8, 4) is 0 Å². The van der Waals surface area contributed by atoms with E-state index in [0.717, 1.165) is 0 Å². The van der Waals surface area contributed by atoms with E-state index in [1.54, 1.807) is 0 Å². The number of anilines is 2. The second kappa shape index (κ2) is 11.5. The summed E-state index contributed by atoms with van der Waals surface area (Å²) in [6.45, 7) is -1.45. The van der Waals surface area contributed by atoms with Gasteiger partial charge in [0.05, 0.1) is 13.1 Å². The number of nitrogens with one attached hydrogen (secondary N) is 2. The number of aromatic amines is 2. The molecule has 0 saturated carbocycles. The second-order valence-electron chi connectivity index (χ2n) is 4.32. The Hall–Kier alpha value is -3.07. The Labute approximate surface area is 145 Å². The van der Waals surface area contributed by atoms with Gasteiger partial charge in [0.15, 0.2) is 0 Å². The predicted molar refractivity (Wildman–Crippen MR) is 85.3 cm³/mol. The van der Waals surface area contributed by atoms with E-state index in [0.29, 0.717) is 16.8 Å². The summed E-state index contributed by atoms with van der Waals surface area (Å²) in [5, 5.41) is 28.4. The van der Waals surface area contributed by atoms with Crippen LogP contribution in [0.3, 0.4) is 0 Å². The van der Waals surface area contributed by atoms with Crippen molar-refractivity contribution in [1.29, 1.82) is 0 Å². The standard InChI is InChI=1S/C5H10NO7P.2C2H4N4/c7-4(8)1-6(2-5(9)10)3-14(11,12)13;2*3-2-4-1-5-6-2/h1-3H2,(H,7,8)(H,9,10)(H2,11,12,13);2*1H,(H3,3,4,5,6). The molecule has 0 atom stereocenters. The number of aromatic nitrogens is 6. The molecule has 0 saturated heterocycles. The first kappa shape index (κ1) is 22.9. The lowest BCUT2D eigenvalue weighted by Gasteiger charge is -2.17. The summed E-state index contributed by atoms with van der Waals surface area (Å²) in [6.07, 6.45) is 1.83. The molecule has 0 aliphatic heterocycles. The van der Waals surface area contributed by atoms with Crippen LogP contribution in [0.4, 0.5) is 11.9 Å². The average molecular weight is 395 g/mol. The molecule has 16 nitrogen and oxygen atoms in total. The lowest BCUT2D eigenvalue weighted by atomic mass is 10.5. The molecular formula is C9H18N9O7P. The molecule has 0 unspecified atom stereocenters. The molecule has 2 aromatic rings. The van der Waals surface area contributed by atoms with E-state index >= 15 is 0 Å². The smallest absolute Gasteiger partial charge is 0.339 e. The Morgan fingerprint density at radius 1 is 1.00 bits per heavy atom. The number of hydrogen-bond donors (Lipinski definition) is 8. The molecule has 0 radical (unpaired) electrons. The topological polar surface area (TPSA) is 271 Å². The molecule has 0 aromatic carbocycles. The van der Waals surface area contributed by atoms with Gasteiger partial charge in [-0.15, -0.1) is 0 Å². The van der Waals surface area contributed by atoms with Gasteiger partial charge in [0.1, 0.15) is 18.9 Å². The number of carbonyl (C=O) groups is 2. The maximum Gasteiger partial charge on any atom is 0.339 e. The van der Waals surface area contributed by atoms with Crippen molar-refractivity contribution in [2.45, 2.75) is 0 Å². The van der Waals surface area contributed by atoms with Gasteiger partial charge >= 0.3 is 19.5 Å². The van der Waals surface area contributed by atoms with Crippen LogP contribution in [0.15, 0.2) is 12.7 Å². The molecule has 0 aliphatic rings. The molecule has 146 valence electrons. The molecule has 2 aromatic heterocycles. The van der Waals surface area contributed by atoms with Crippen LogP contribution in [-0.4, -0.2) is 86.6 Å². The highest BCUT2D eigenvalue weighted by Crippen LogP contribution is 2.34. The third-order valence-electron chi connectivity index (χ3n) is 1.97. The van der Waals surface area contributed by atoms with Gasteiger partial charge in [0.2, 0.25) is 11.9 Å². The minimum absolute atomic E-state index is 0.356. The van der Waals surface area contributed by atoms with Gasteiger partial charge in [-0.05, 0) is 0 Å². The fourth-order valence-corrected chi connectivity index (χ4v) is 1.95. The Morgan fingerprint density at radius 3 is 1.54 bits per heavy atom. The predicted octanol–water partition coefficient (Wildman–Crippen LogP) is -2.63.